The summed E-state index contributed by atoms with van der Waals surface area (Å²) >= 11 is 1.82. The number of aromatic nitrogens is 4. The van der Waals surface area contributed by atoms with Crippen LogP contribution < -0.4 is 0 Å². The molecule has 4 nitrogen and oxygen atoms in total. The summed E-state index contributed by atoms with van der Waals surface area (Å²) < 4.78 is 6.11. The SMILES string of the molecule is c1ccc2sc(-c3ccc(-c4cc(-c5cc(-n6c7ccccc7c7ccccc76)cc(-n6c7ccccc7c7ccccc76)c5)nc(-c5ccc(-c6cccc7ccccc67)cc5)n4)cc3)cc2c1. The average molecular weight is 897 g/mol. The van der Waals surface area contributed by atoms with Crippen LogP contribution in [-0.2, 0) is 0 Å². The second kappa shape index (κ2) is 15.9. The van der Waals surface area contributed by atoms with Crippen LogP contribution in [0.4, 0.5) is 0 Å². The fourth-order valence-corrected chi connectivity index (χ4v) is 11.5. The van der Waals surface area contributed by atoms with E-state index in [9.17, 15) is 0 Å². The Labute approximate surface area is 402 Å². The van der Waals surface area contributed by atoms with Gasteiger partial charge in [-0.3, -0.25) is 0 Å². The quantitative estimate of drug-likeness (QED) is 0.160. The molecule has 14 aromatic rings. The lowest BCUT2D eigenvalue weighted by molar-refractivity contribution is 1.13. The lowest BCUT2D eigenvalue weighted by atomic mass is 9.97. The lowest BCUT2D eigenvalue weighted by Gasteiger charge is -2.16. The first-order valence-corrected chi connectivity index (χ1v) is 24.2. The molecule has 0 aliphatic carbocycles. The summed E-state index contributed by atoms with van der Waals surface area (Å²) in [5.74, 6) is 0.668. The fourth-order valence-electron chi connectivity index (χ4n) is 10.5. The zero-order valence-corrected chi connectivity index (χ0v) is 38.1. The van der Waals surface area contributed by atoms with E-state index in [-0.39, 0.29) is 0 Å². The summed E-state index contributed by atoms with van der Waals surface area (Å²) in [6.45, 7) is 0. The molecule has 4 heterocycles. The Hall–Kier alpha value is -8.90. The molecule has 0 radical (unpaired) electrons. The van der Waals surface area contributed by atoms with Crippen molar-refractivity contribution >= 4 is 75.8 Å². The number of fused-ring (bicyclic) bond motifs is 8. The summed E-state index contributed by atoms with van der Waals surface area (Å²) in [4.78, 5) is 12.1. The van der Waals surface area contributed by atoms with Crippen molar-refractivity contribution in [1.29, 1.82) is 0 Å². The summed E-state index contributed by atoms with van der Waals surface area (Å²) in [5.41, 5.74) is 14.9. The van der Waals surface area contributed by atoms with Gasteiger partial charge >= 0.3 is 0 Å². The zero-order valence-electron chi connectivity index (χ0n) is 37.3. The maximum atomic E-state index is 5.51. The lowest BCUT2D eigenvalue weighted by Crippen LogP contribution is -2.01. The second-order valence-electron chi connectivity index (χ2n) is 17.8. The number of para-hydroxylation sites is 4. The molecule has 0 fully saturated rings. The van der Waals surface area contributed by atoms with Gasteiger partial charge in [0.25, 0.3) is 0 Å². The Balaban J connectivity index is 0.991. The smallest absolute Gasteiger partial charge is 0.160 e. The van der Waals surface area contributed by atoms with Gasteiger partial charge in [0.15, 0.2) is 5.82 Å². The van der Waals surface area contributed by atoms with Gasteiger partial charge < -0.3 is 9.13 Å². The van der Waals surface area contributed by atoms with E-state index in [0.29, 0.717) is 5.82 Å². The molecule has 0 aliphatic heterocycles. The van der Waals surface area contributed by atoms with E-state index in [4.69, 9.17) is 9.97 Å². The van der Waals surface area contributed by atoms with Gasteiger partial charge in [-0.15, -0.1) is 11.3 Å². The normalized spacial score (nSPS) is 11.8. The molecule has 0 amide bonds. The highest BCUT2D eigenvalue weighted by Gasteiger charge is 2.19. The minimum Gasteiger partial charge on any atom is -0.309 e. The van der Waals surface area contributed by atoms with Crippen molar-refractivity contribution in [3.63, 3.8) is 0 Å². The molecular weight excluding hydrogens is 857 g/mol. The predicted octanol–water partition coefficient (Wildman–Crippen LogP) is 17.4. The van der Waals surface area contributed by atoms with Crippen molar-refractivity contribution in [3.05, 3.63) is 243 Å². The van der Waals surface area contributed by atoms with Crippen LogP contribution in [0.15, 0.2) is 243 Å². The third kappa shape index (κ3) is 6.58. The van der Waals surface area contributed by atoms with Crippen molar-refractivity contribution in [3.8, 4) is 66.8 Å². The summed E-state index contributed by atoms with van der Waals surface area (Å²) in [6, 6.07) is 87.6. The zero-order chi connectivity index (χ0) is 45.4. The van der Waals surface area contributed by atoms with Gasteiger partial charge in [0.2, 0.25) is 0 Å². The molecule has 69 heavy (non-hydrogen) atoms. The Bertz CT molecular complexity index is 4030. The van der Waals surface area contributed by atoms with Crippen LogP contribution in [0.2, 0.25) is 0 Å². The van der Waals surface area contributed by atoms with Crippen LogP contribution >= 0.6 is 11.3 Å². The average Bonchev–Trinajstić information content (AvgIpc) is 4.11. The molecule has 322 valence electrons. The predicted molar refractivity (Wildman–Crippen MR) is 291 cm³/mol. The number of thiophene rings is 1. The van der Waals surface area contributed by atoms with Gasteiger partial charge in [-0.05, 0) is 93.5 Å². The molecule has 10 aromatic carbocycles. The van der Waals surface area contributed by atoms with Crippen LogP contribution in [0, 0.1) is 0 Å². The summed E-state index contributed by atoms with van der Waals surface area (Å²) in [6.07, 6.45) is 0. The van der Waals surface area contributed by atoms with Gasteiger partial charge in [0, 0.05) is 59.2 Å². The topological polar surface area (TPSA) is 35.6 Å². The van der Waals surface area contributed by atoms with Crippen molar-refractivity contribution in [2.75, 3.05) is 0 Å². The molecule has 0 saturated heterocycles. The molecule has 0 unspecified atom stereocenters. The third-order valence-electron chi connectivity index (χ3n) is 13.7. The first kappa shape index (κ1) is 39.3. The van der Waals surface area contributed by atoms with E-state index >= 15 is 0 Å². The third-order valence-corrected chi connectivity index (χ3v) is 14.9. The van der Waals surface area contributed by atoms with Gasteiger partial charge in [0.05, 0.1) is 33.5 Å². The van der Waals surface area contributed by atoms with Crippen LogP contribution in [0.3, 0.4) is 0 Å². The number of hydrogen-bond donors (Lipinski definition) is 0. The molecule has 5 heteroatoms. The van der Waals surface area contributed by atoms with E-state index in [1.165, 1.54) is 58.4 Å². The summed E-state index contributed by atoms with van der Waals surface area (Å²) in [7, 11) is 0. The maximum Gasteiger partial charge on any atom is 0.160 e. The van der Waals surface area contributed by atoms with E-state index in [1.807, 2.05) is 11.3 Å². The molecule has 0 saturated carbocycles. The Morgan fingerprint density at radius 1 is 0.304 bits per heavy atom. The van der Waals surface area contributed by atoms with Crippen molar-refractivity contribution in [2.45, 2.75) is 0 Å². The molecule has 4 aromatic heterocycles. The number of benzene rings is 10. The van der Waals surface area contributed by atoms with Gasteiger partial charge in [-0.25, -0.2) is 9.97 Å². The molecule has 0 N–H and O–H groups in total. The Morgan fingerprint density at radius 3 is 1.33 bits per heavy atom. The number of rotatable bonds is 7. The Morgan fingerprint density at radius 2 is 0.754 bits per heavy atom. The molecule has 14 rings (SSSR count). The summed E-state index contributed by atoms with van der Waals surface area (Å²) in [5, 5.41) is 8.59. The van der Waals surface area contributed by atoms with Crippen molar-refractivity contribution < 1.29 is 0 Å². The minimum absolute atomic E-state index is 0.668. The highest BCUT2D eigenvalue weighted by Crippen LogP contribution is 2.40. The first-order valence-electron chi connectivity index (χ1n) is 23.4. The van der Waals surface area contributed by atoms with Gasteiger partial charge in [-0.1, -0.05) is 182 Å². The van der Waals surface area contributed by atoms with Crippen LogP contribution in [0.1, 0.15) is 0 Å². The molecular formula is C64H40N4S. The molecule has 0 atom stereocenters. The standard InChI is InChI=1S/C64H40N4S/c1-3-17-50-41(14-1)16-13-22-51(50)42-28-34-45(35-29-42)64-65-56(43-30-32-44(33-31-43)63-38-46-15-2-12-27-62(46)69-63)40-57(66-64)47-36-48(67-58-23-8-4-18-52(58)53-19-5-9-24-59(53)67)39-49(37-47)68-60-25-10-6-20-54(60)55-21-7-11-26-61(55)68/h1-40H. The monoisotopic (exact) mass is 896 g/mol. The van der Waals surface area contributed by atoms with Crippen LogP contribution in [-0.4, -0.2) is 19.1 Å². The first-order chi connectivity index (χ1) is 34.2. The highest BCUT2D eigenvalue weighted by molar-refractivity contribution is 7.22. The number of hydrogen-bond acceptors (Lipinski definition) is 3. The van der Waals surface area contributed by atoms with Crippen LogP contribution in [0.5, 0.6) is 0 Å². The van der Waals surface area contributed by atoms with Gasteiger partial charge in [0.1, 0.15) is 0 Å². The van der Waals surface area contributed by atoms with E-state index < -0.39 is 0 Å². The van der Waals surface area contributed by atoms with Gasteiger partial charge in [-0.2, -0.15) is 0 Å². The van der Waals surface area contributed by atoms with E-state index in [1.54, 1.807) is 0 Å². The van der Waals surface area contributed by atoms with E-state index in [2.05, 4.69) is 252 Å². The number of nitrogens with zero attached hydrogens (tertiary/aromatic N) is 4. The molecule has 0 bridgehead atoms. The largest absolute Gasteiger partial charge is 0.309 e. The van der Waals surface area contributed by atoms with Crippen molar-refractivity contribution in [1.82, 2.24) is 19.1 Å². The molecule has 0 aliphatic rings. The van der Waals surface area contributed by atoms with Crippen molar-refractivity contribution in [2.24, 2.45) is 0 Å². The highest BCUT2D eigenvalue weighted by atomic mass is 32.1. The van der Waals surface area contributed by atoms with Crippen LogP contribution in [0.25, 0.3) is 131 Å². The minimum atomic E-state index is 0.668. The Kier molecular flexibility index (Phi) is 9.04. The molecule has 0 spiro atoms. The van der Waals surface area contributed by atoms with E-state index in [0.717, 1.165) is 67.1 Å². The second-order valence-corrected chi connectivity index (χ2v) is 18.9. The fraction of sp³-hybridized carbons (Fsp3) is 0. The maximum absolute atomic E-state index is 5.51.